The molecule has 20 heavy (non-hydrogen) atoms. The molecule has 1 amide bonds. The highest BCUT2D eigenvalue weighted by atomic mass is 16.2. The van der Waals surface area contributed by atoms with E-state index < -0.39 is 11.5 Å². The van der Waals surface area contributed by atoms with Gasteiger partial charge in [-0.1, -0.05) is 6.07 Å². The molecule has 0 atom stereocenters. The third-order valence-electron chi connectivity index (χ3n) is 2.58. The number of aromatic nitrogens is 2. The fraction of sp³-hybridized carbons (Fsp3) is 0.143. The summed E-state index contributed by atoms with van der Waals surface area (Å²) in [5, 5.41) is 2.43. The number of carbonyl (C=O) groups is 2. The van der Waals surface area contributed by atoms with Crippen LogP contribution < -0.4 is 10.9 Å². The Morgan fingerprint density at radius 1 is 1.35 bits per heavy atom. The molecule has 2 aromatic rings. The topological polar surface area (TPSA) is 91.9 Å². The predicted octanol–water partition coefficient (Wildman–Crippen LogP) is 1.35. The van der Waals surface area contributed by atoms with E-state index in [0.29, 0.717) is 0 Å². The van der Waals surface area contributed by atoms with Crippen LogP contribution >= 0.6 is 0 Å². The predicted molar refractivity (Wildman–Crippen MR) is 74.2 cm³/mol. The molecule has 102 valence electrons. The van der Waals surface area contributed by atoms with Crippen LogP contribution in [0.25, 0.3) is 11.1 Å². The van der Waals surface area contributed by atoms with Crippen molar-refractivity contribution in [1.82, 2.24) is 9.97 Å². The third kappa shape index (κ3) is 3.38. The minimum atomic E-state index is -0.508. The third-order valence-corrected chi connectivity index (χ3v) is 2.58. The number of carbonyl (C=O) groups excluding carboxylic acids is 2. The number of hydrogen-bond acceptors (Lipinski definition) is 4. The molecule has 2 N–H and O–H groups in total. The number of H-pyrrole nitrogens is 1. The van der Waals surface area contributed by atoms with E-state index in [-0.39, 0.29) is 17.9 Å². The van der Waals surface area contributed by atoms with Crippen molar-refractivity contribution in [3.63, 3.8) is 0 Å². The Labute approximate surface area is 114 Å². The zero-order valence-corrected chi connectivity index (χ0v) is 10.8. The van der Waals surface area contributed by atoms with E-state index >= 15 is 0 Å². The summed E-state index contributed by atoms with van der Waals surface area (Å²) >= 11 is 0. The Bertz CT molecular complexity index is 692. The molecule has 0 unspecified atom stereocenters. The van der Waals surface area contributed by atoms with Gasteiger partial charge in [0.2, 0.25) is 5.91 Å². The maximum Gasteiger partial charge on any atom is 0.271 e. The van der Waals surface area contributed by atoms with Crippen LogP contribution in [0.3, 0.4) is 0 Å². The largest absolute Gasteiger partial charge is 0.327 e. The molecular formula is C14H13N3O3. The average Bonchev–Trinajstić information content (AvgIpc) is 2.41. The minimum absolute atomic E-state index is 0.109. The molecule has 0 bridgehead atoms. The van der Waals surface area contributed by atoms with Crippen molar-refractivity contribution in [2.24, 2.45) is 0 Å². The number of aromatic amines is 1. The van der Waals surface area contributed by atoms with Crippen LogP contribution in [0, 0.1) is 0 Å². The van der Waals surface area contributed by atoms with Gasteiger partial charge in [0.05, 0.1) is 6.42 Å². The van der Waals surface area contributed by atoms with E-state index in [2.05, 4.69) is 15.3 Å². The van der Waals surface area contributed by atoms with Crippen molar-refractivity contribution in [2.75, 3.05) is 5.32 Å². The highest BCUT2D eigenvalue weighted by molar-refractivity contribution is 6.03. The number of hydrogen-bond donors (Lipinski definition) is 2. The van der Waals surface area contributed by atoms with Crippen molar-refractivity contribution in [2.45, 2.75) is 13.3 Å². The Balaban J connectivity index is 2.28. The summed E-state index contributed by atoms with van der Waals surface area (Å²) in [5.74, 6) is -0.770. The maximum absolute atomic E-state index is 11.7. The Hall–Kier alpha value is -2.76. The second kappa shape index (κ2) is 5.92. The van der Waals surface area contributed by atoms with E-state index in [4.69, 9.17) is 0 Å². The monoisotopic (exact) mass is 271 g/mol. The quantitative estimate of drug-likeness (QED) is 0.821. The molecule has 6 heteroatoms. The molecule has 0 aliphatic carbocycles. The molecule has 0 radical (unpaired) electrons. The summed E-state index contributed by atoms with van der Waals surface area (Å²) < 4.78 is 0. The van der Waals surface area contributed by atoms with Crippen molar-refractivity contribution in [3.8, 4) is 11.1 Å². The first kappa shape index (κ1) is 13.7. The van der Waals surface area contributed by atoms with Crippen LogP contribution in [0.1, 0.15) is 13.3 Å². The lowest BCUT2D eigenvalue weighted by Gasteiger charge is -2.06. The molecule has 0 spiro atoms. The second-order valence-electron chi connectivity index (χ2n) is 4.30. The Kier molecular flexibility index (Phi) is 4.05. The van der Waals surface area contributed by atoms with Gasteiger partial charge < -0.3 is 10.3 Å². The van der Waals surface area contributed by atoms with Crippen LogP contribution in [-0.2, 0) is 9.59 Å². The van der Waals surface area contributed by atoms with E-state index in [1.54, 1.807) is 30.7 Å². The summed E-state index contributed by atoms with van der Waals surface area (Å²) in [6.07, 6.45) is 4.58. The molecule has 0 aliphatic heterocycles. The number of nitrogens with one attached hydrogen (secondary N) is 2. The number of Topliss-reactive ketones (excluding diaryl/α,β-unsaturated/α-hetero) is 1. The zero-order valence-electron chi connectivity index (χ0n) is 10.8. The van der Waals surface area contributed by atoms with Gasteiger partial charge in [0, 0.05) is 29.7 Å². The standard InChI is InChI=1S/C14H13N3O3/c1-9(18)5-13(19)17-12-6-11(8-16-14(12)20)10-3-2-4-15-7-10/h2-4,6-8H,5H2,1H3,(H,16,20)(H,17,19). The smallest absolute Gasteiger partial charge is 0.271 e. The van der Waals surface area contributed by atoms with Gasteiger partial charge in [0.25, 0.3) is 5.56 Å². The van der Waals surface area contributed by atoms with E-state index in [0.717, 1.165) is 11.1 Å². The fourth-order valence-corrected chi connectivity index (χ4v) is 1.70. The van der Waals surface area contributed by atoms with E-state index in [9.17, 15) is 14.4 Å². The number of anilines is 1. The molecule has 2 aromatic heterocycles. The van der Waals surface area contributed by atoms with Crippen molar-refractivity contribution < 1.29 is 9.59 Å². The molecule has 0 saturated carbocycles. The van der Waals surface area contributed by atoms with E-state index in [1.807, 2.05) is 6.07 Å². The number of rotatable bonds is 4. The SMILES string of the molecule is CC(=O)CC(=O)Nc1cc(-c2cccnc2)c[nH]c1=O. The molecule has 0 aliphatic rings. The number of amides is 1. The minimum Gasteiger partial charge on any atom is -0.327 e. The van der Waals surface area contributed by atoms with Crippen molar-refractivity contribution >= 4 is 17.4 Å². The van der Waals surface area contributed by atoms with Crippen LogP contribution in [-0.4, -0.2) is 21.7 Å². The Morgan fingerprint density at radius 2 is 2.15 bits per heavy atom. The second-order valence-corrected chi connectivity index (χ2v) is 4.30. The van der Waals surface area contributed by atoms with E-state index in [1.165, 1.54) is 6.92 Å². The lowest BCUT2D eigenvalue weighted by atomic mass is 10.1. The number of ketones is 1. The lowest BCUT2D eigenvalue weighted by Crippen LogP contribution is -2.21. The molecule has 2 heterocycles. The van der Waals surface area contributed by atoms with Gasteiger partial charge in [0.1, 0.15) is 11.5 Å². The highest BCUT2D eigenvalue weighted by Gasteiger charge is 2.09. The number of pyridine rings is 2. The first-order chi connectivity index (χ1) is 9.56. The highest BCUT2D eigenvalue weighted by Crippen LogP contribution is 2.18. The molecule has 0 fully saturated rings. The van der Waals surface area contributed by atoms with Crippen LogP contribution in [0.2, 0.25) is 0 Å². The maximum atomic E-state index is 11.7. The normalized spacial score (nSPS) is 10.1. The summed E-state index contributed by atoms with van der Waals surface area (Å²) in [7, 11) is 0. The van der Waals surface area contributed by atoms with Gasteiger partial charge in [-0.3, -0.25) is 19.4 Å². The molecule has 6 nitrogen and oxygen atoms in total. The molecule has 0 saturated heterocycles. The number of nitrogens with zero attached hydrogens (tertiary/aromatic N) is 1. The van der Waals surface area contributed by atoms with Gasteiger partial charge in [-0.2, -0.15) is 0 Å². The van der Waals surface area contributed by atoms with Gasteiger partial charge in [-0.25, -0.2) is 0 Å². The summed E-state index contributed by atoms with van der Waals surface area (Å²) in [6, 6.07) is 5.16. The summed E-state index contributed by atoms with van der Waals surface area (Å²) in [4.78, 5) is 40.6. The first-order valence-electron chi connectivity index (χ1n) is 5.98. The first-order valence-corrected chi connectivity index (χ1v) is 5.98. The molecule has 2 rings (SSSR count). The van der Waals surface area contributed by atoms with Crippen LogP contribution in [0.5, 0.6) is 0 Å². The molecular weight excluding hydrogens is 258 g/mol. The zero-order chi connectivity index (χ0) is 14.5. The van der Waals surface area contributed by atoms with Crippen molar-refractivity contribution in [3.05, 3.63) is 47.1 Å². The van der Waals surface area contributed by atoms with Gasteiger partial charge in [0.15, 0.2) is 0 Å². The summed E-state index contributed by atoms with van der Waals surface area (Å²) in [6.45, 7) is 1.32. The molecule has 0 aromatic carbocycles. The lowest BCUT2D eigenvalue weighted by molar-refractivity contribution is -0.124. The van der Waals surface area contributed by atoms with Crippen LogP contribution in [0.15, 0.2) is 41.6 Å². The van der Waals surface area contributed by atoms with Gasteiger partial charge >= 0.3 is 0 Å². The van der Waals surface area contributed by atoms with Gasteiger partial charge in [-0.15, -0.1) is 0 Å². The fourth-order valence-electron chi connectivity index (χ4n) is 1.70. The van der Waals surface area contributed by atoms with Crippen LogP contribution in [0.4, 0.5) is 5.69 Å². The summed E-state index contributed by atoms with van der Waals surface area (Å²) in [5.41, 5.74) is 1.22. The average molecular weight is 271 g/mol. The Morgan fingerprint density at radius 3 is 2.80 bits per heavy atom. The van der Waals surface area contributed by atoms with Gasteiger partial charge in [-0.05, 0) is 19.1 Å². The van der Waals surface area contributed by atoms with Crippen molar-refractivity contribution in [1.29, 1.82) is 0 Å².